The van der Waals surface area contributed by atoms with Gasteiger partial charge in [-0.1, -0.05) is 6.07 Å². The maximum Gasteiger partial charge on any atom is 0.335 e. The predicted octanol–water partition coefficient (Wildman–Crippen LogP) is 4.07. The van der Waals surface area contributed by atoms with Crippen molar-refractivity contribution < 1.29 is 23.1 Å². The number of fused-ring (bicyclic) bond motifs is 1. The van der Waals surface area contributed by atoms with Crippen molar-refractivity contribution in [3.63, 3.8) is 0 Å². The van der Waals surface area contributed by atoms with E-state index in [0.717, 1.165) is 11.3 Å². The van der Waals surface area contributed by atoms with E-state index in [2.05, 4.69) is 4.98 Å². The van der Waals surface area contributed by atoms with E-state index in [0.29, 0.717) is 22.2 Å². The van der Waals surface area contributed by atoms with Gasteiger partial charge >= 0.3 is 5.97 Å². The molecule has 0 atom stereocenters. The van der Waals surface area contributed by atoms with Gasteiger partial charge in [-0.2, -0.15) is 5.26 Å². The molecule has 0 amide bonds. The van der Waals surface area contributed by atoms with Gasteiger partial charge in [-0.3, -0.25) is 0 Å². The van der Waals surface area contributed by atoms with Crippen LogP contribution in [-0.4, -0.2) is 16.1 Å². The van der Waals surface area contributed by atoms with Crippen LogP contribution in [0.4, 0.5) is 13.2 Å². The molecule has 0 saturated carbocycles. The smallest absolute Gasteiger partial charge is 0.335 e. The Morgan fingerprint density at radius 2 is 1.88 bits per heavy atom. The molecule has 3 aromatic rings. The lowest BCUT2D eigenvalue weighted by molar-refractivity contribution is 0.0696. The first-order chi connectivity index (χ1) is 11.9. The number of carboxylic acid groups (broad SMARTS) is 1. The van der Waals surface area contributed by atoms with Gasteiger partial charge in [0.25, 0.3) is 0 Å². The third-order valence-corrected chi connectivity index (χ3v) is 4.56. The maximum absolute atomic E-state index is 13.8. The molecule has 1 aromatic heterocycles. The molecule has 2 aromatic carbocycles. The highest BCUT2D eigenvalue weighted by atomic mass is 32.1. The lowest BCUT2D eigenvalue weighted by Crippen LogP contribution is -2.00. The van der Waals surface area contributed by atoms with Crippen molar-refractivity contribution in [2.24, 2.45) is 0 Å². The molecule has 0 spiro atoms. The van der Waals surface area contributed by atoms with Crippen LogP contribution in [0.2, 0.25) is 0 Å². The van der Waals surface area contributed by atoms with Crippen molar-refractivity contribution in [2.75, 3.05) is 0 Å². The van der Waals surface area contributed by atoms with Gasteiger partial charge in [-0.05, 0) is 23.3 Å². The number of aromatic nitrogens is 1. The monoisotopic (exact) mass is 362 g/mol. The van der Waals surface area contributed by atoms with Crippen LogP contribution in [0.15, 0.2) is 24.3 Å². The Bertz CT molecular complexity index is 1040. The molecule has 1 N–H and O–H groups in total. The van der Waals surface area contributed by atoms with Crippen molar-refractivity contribution in [2.45, 2.75) is 12.8 Å². The Labute approximate surface area is 143 Å². The Morgan fingerprint density at radius 3 is 2.56 bits per heavy atom. The summed E-state index contributed by atoms with van der Waals surface area (Å²) in [6.45, 7) is 0. The van der Waals surface area contributed by atoms with Crippen molar-refractivity contribution in [1.29, 1.82) is 5.26 Å². The molecule has 0 aliphatic heterocycles. The number of benzene rings is 2. The molecule has 4 nitrogen and oxygen atoms in total. The third kappa shape index (κ3) is 3.32. The van der Waals surface area contributed by atoms with Crippen molar-refractivity contribution in [3.05, 3.63) is 63.4 Å². The lowest BCUT2D eigenvalue weighted by Gasteiger charge is -2.04. The molecule has 8 heteroatoms. The standard InChI is InChI=1S/C17H9F3N2O2S/c18-11-7-12(19)16-15(14(11)20)22-13(25-16)6-9-3-8(1-2-21)4-10(5-9)17(23)24/h3-5,7H,1,6H2,(H,23,24). The quantitative estimate of drug-likeness (QED) is 0.710. The first kappa shape index (κ1) is 16.9. The summed E-state index contributed by atoms with van der Waals surface area (Å²) in [5.74, 6) is -4.58. The largest absolute Gasteiger partial charge is 0.478 e. The molecule has 0 radical (unpaired) electrons. The SMILES string of the molecule is N#CCc1cc(Cc2nc3c(F)c(F)cc(F)c3s2)cc(C(=O)O)c1. The number of halogens is 3. The van der Waals surface area contributed by atoms with Crippen molar-refractivity contribution >= 4 is 27.5 Å². The van der Waals surface area contributed by atoms with Crippen LogP contribution >= 0.6 is 11.3 Å². The summed E-state index contributed by atoms with van der Waals surface area (Å²) < 4.78 is 40.7. The molecule has 0 aliphatic rings. The van der Waals surface area contributed by atoms with Gasteiger partial charge in [0.15, 0.2) is 11.6 Å². The minimum atomic E-state index is -1.31. The molecule has 126 valence electrons. The highest BCUT2D eigenvalue weighted by Gasteiger charge is 2.18. The first-order valence-corrected chi connectivity index (χ1v) is 7.86. The summed E-state index contributed by atoms with van der Waals surface area (Å²) in [6, 6.07) is 6.84. The van der Waals surface area contributed by atoms with Gasteiger partial charge in [-0.15, -0.1) is 11.3 Å². The fourth-order valence-corrected chi connectivity index (χ4v) is 3.46. The van der Waals surface area contributed by atoms with Crippen LogP contribution in [0, 0.1) is 28.8 Å². The van der Waals surface area contributed by atoms with Gasteiger partial charge < -0.3 is 5.11 Å². The highest BCUT2D eigenvalue weighted by Crippen LogP contribution is 2.30. The van der Waals surface area contributed by atoms with Gasteiger partial charge in [0.1, 0.15) is 11.3 Å². The van der Waals surface area contributed by atoms with Crippen molar-refractivity contribution in [1.82, 2.24) is 4.98 Å². The van der Waals surface area contributed by atoms with Crippen LogP contribution in [0.5, 0.6) is 0 Å². The van der Waals surface area contributed by atoms with E-state index < -0.39 is 23.4 Å². The molecule has 0 unspecified atom stereocenters. The molecular formula is C17H9F3N2O2S. The second-order valence-electron chi connectivity index (χ2n) is 5.29. The Kier molecular flexibility index (Phi) is 4.42. The maximum atomic E-state index is 13.8. The fraction of sp³-hybridized carbons (Fsp3) is 0.118. The predicted molar refractivity (Wildman–Crippen MR) is 85.0 cm³/mol. The van der Waals surface area contributed by atoms with Crippen LogP contribution in [0.1, 0.15) is 26.5 Å². The summed E-state index contributed by atoms with van der Waals surface area (Å²) in [5, 5.41) is 18.2. The Hall–Kier alpha value is -2.92. The lowest BCUT2D eigenvalue weighted by atomic mass is 10.0. The molecule has 0 fully saturated rings. The minimum absolute atomic E-state index is 0.00673. The minimum Gasteiger partial charge on any atom is -0.478 e. The topological polar surface area (TPSA) is 74.0 Å². The van der Waals surface area contributed by atoms with E-state index in [1.807, 2.05) is 6.07 Å². The zero-order chi connectivity index (χ0) is 18.1. The first-order valence-electron chi connectivity index (χ1n) is 7.05. The summed E-state index contributed by atoms with van der Waals surface area (Å²) in [7, 11) is 0. The van der Waals surface area contributed by atoms with Crippen LogP contribution in [0.3, 0.4) is 0 Å². The fourth-order valence-electron chi connectivity index (χ4n) is 2.46. The number of thiazole rings is 1. The second kappa shape index (κ2) is 6.53. The van der Waals surface area contributed by atoms with E-state index in [1.165, 1.54) is 12.1 Å². The van der Waals surface area contributed by atoms with E-state index in [9.17, 15) is 18.0 Å². The molecular weight excluding hydrogens is 353 g/mol. The molecule has 25 heavy (non-hydrogen) atoms. The zero-order valence-electron chi connectivity index (χ0n) is 12.5. The van der Waals surface area contributed by atoms with Gasteiger partial charge in [0, 0.05) is 12.5 Å². The molecule has 1 heterocycles. The normalized spacial score (nSPS) is 10.8. The number of rotatable bonds is 4. The number of nitriles is 1. The number of nitrogens with zero attached hydrogens (tertiary/aromatic N) is 2. The van der Waals surface area contributed by atoms with E-state index in [4.69, 9.17) is 10.4 Å². The van der Waals surface area contributed by atoms with Gasteiger partial charge in [-0.25, -0.2) is 22.9 Å². The van der Waals surface area contributed by atoms with E-state index in [1.54, 1.807) is 6.07 Å². The van der Waals surface area contributed by atoms with Gasteiger partial charge in [0.2, 0.25) is 0 Å². The summed E-state index contributed by atoms with van der Waals surface area (Å²) >= 11 is 0.870. The number of hydrogen-bond acceptors (Lipinski definition) is 4. The Morgan fingerprint density at radius 1 is 1.16 bits per heavy atom. The number of carbonyl (C=O) groups is 1. The average molecular weight is 362 g/mol. The third-order valence-electron chi connectivity index (χ3n) is 3.50. The molecule has 0 saturated heterocycles. The van der Waals surface area contributed by atoms with E-state index in [-0.39, 0.29) is 28.6 Å². The van der Waals surface area contributed by atoms with Crippen LogP contribution in [-0.2, 0) is 12.8 Å². The second-order valence-corrected chi connectivity index (χ2v) is 6.38. The highest BCUT2D eigenvalue weighted by molar-refractivity contribution is 7.18. The summed E-state index contributed by atoms with van der Waals surface area (Å²) in [6.07, 6.45) is 0.141. The zero-order valence-corrected chi connectivity index (χ0v) is 13.3. The Balaban J connectivity index is 2.04. The van der Waals surface area contributed by atoms with Crippen molar-refractivity contribution in [3.8, 4) is 6.07 Å². The molecule has 0 aliphatic carbocycles. The number of carboxylic acids is 1. The number of aromatic carboxylic acids is 1. The van der Waals surface area contributed by atoms with Gasteiger partial charge in [0.05, 0.1) is 27.8 Å². The van der Waals surface area contributed by atoms with Crippen LogP contribution < -0.4 is 0 Å². The molecule has 0 bridgehead atoms. The van der Waals surface area contributed by atoms with E-state index >= 15 is 0 Å². The average Bonchev–Trinajstić information content (AvgIpc) is 2.97. The summed E-state index contributed by atoms with van der Waals surface area (Å²) in [4.78, 5) is 15.1. The number of hydrogen-bond donors (Lipinski definition) is 1. The summed E-state index contributed by atoms with van der Waals surface area (Å²) in [5.41, 5.74) is 0.670. The molecule has 3 rings (SSSR count). The van der Waals surface area contributed by atoms with Crippen LogP contribution in [0.25, 0.3) is 10.2 Å².